The number of hydrogen-bond acceptors (Lipinski definition) is 8. The van der Waals surface area contributed by atoms with Gasteiger partial charge in [-0.05, 0) is 75.5 Å². The van der Waals surface area contributed by atoms with Gasteiger partial charge < -0.3 is 23.8 Å². The topological polar surface area (TPSA) is 103 Å². The zero-order valence-electron chi connectivity index (χ0n) is 26.7. The highest BCUT2D eigenvalue weighted by Gasteiger charge is 2.43. The van der Waals surface area contributed by atoms with Crippen molar-refractivity contribution in [3.8, 4) is 23.0 Å². The first kappa shape index (κ1) is 32.0. The smallest absolute Gasteiger partial charge is 0.444 e. The second-order valence-electron chi connectivity index (χ2n) is 12.9. The minimum atomic E-state index is -4.64. The minimum absolute atomic E-state index is 0.0546. The van der Waals surface area contributed by atoms with Gasteiger partial charge in [0.15, 0.2) is 17.3 Å². The fourth-order valence-corrected chi connectivity index (χ4v) is 7.17. The molecule has 3 aliphatic heterocycles. The number of nitrogens with zero attached hydrogens (tertiary/aromatic N) is 6. The average Bonchev–Trinajstić information content (AvgIpc) is 3.75. The molecule has 0 amide bonds. The van der Waals surface area contributed by atoms with Crippen molar-refractivity contribution < 1.29 is 31.8 Å². The molecule has 2 aromatic carbocycles. The number of likely N-dealkylation sites (tertiary alicyclic amines) is 1. The van der Waals surface area contributed by atoms with E-state index < -0.39 is 23.6 Å². The number of fused-ring (bicyclic) bond motifs is 2. The summed E-state index contributed by atoms with van der Waals surface area (Å²) in [7, 11) is 0. The van der Waals surface area contributed by atoms with Gasteiger partial charge in [-0.3, -0.25) is 4.90 Å². The predicted octanol–water partition coefficient (Wildman–Crippen LogP) is 7.15. The van der Waals surface area contributed by atoms with Gasteiger partial charge in [0.05, 0.1) is 41.5 Å². The van der Waals surface area contributed by atoms with Crippen LogP contribution < -0.4 is 9.47 Å². The van der Waals surface area contributed by atoms with E-state index in [1.54, 1.807) is 25.1 Å². The molecule has 0 radical (unpaired) electrons. The Morgan fingerprint density at radius 2 is 1.84 bits per heavy atom. The van der Waals surface area contributed by atoms with Crippen LogP contribution in [0.15, 0.2) is 42.5 Å². The van der Waals surface area contributed by atoms with E-state index in [-0.39, 0.29) is 29.1 Å². The molecule has 3 aliphatic rings. The van der Waals surface area contributed by atoms with E-state index in [4.69, 9.17) is 30.8 Å². The van der Waals surface area contributed by atoms with E-state index in [0.717, 1.165) is 49.3 Å². The highest BCUT2D eigenvalue weighted by Crippen LogP contribution is 2.50. The third kappa shape index (κ3) is 5.89. The maximum absolute atomic E-state index is 14.9. The molecular formula is C34H32ClF4N7O3. The molecule has 2 atom stereocenters. The molecular weight excluding hydrogens is 666 g/mol. The van der Waals surface area contributed by atoms with E-state index in [2.05, 4.69) is 29.6 Å². The summed E-state index contributed by atoms with van der Waals surface area (Å²) in [6.07, 6.45) is -1.94. The van der Waals surface area contributed by atoms with E-state index in [9.17, 15) is 17.6 Å². The first-order valence-electron chi connectivity index (χ1n) is 16.1. The fraction of sp³-hybridized carbons (Fsp3) is 0.412. The van der Waals surface area contributed by atoms with Crippen LogP contribution in [0.1, 0.15) is 60.6 Å². The van der Waals surface area contributed by atoms with E-state index in [0.29, 0.717) is 47.4 Å². The number of para-hydroxylation sites is 1. The van der Waals surface area contributed by atoms with Crippen molar-refractivity contribution in [2.24, 2.45) is 0 Å². The van der Waals surface area contributed by atoms with Crippen LogP contribution in [0.2, 0.25) is 5.02 Å². The van der Waals surface area contributed by atoms with E-state index >= 15 is 0 Å². The Balaban J connectivity index is 1.02. The van der Waals surface area contributed by atoms with Crippen LogP contribution in [0.3, 0.4) is 0 Å². The number of H-pyrrole nitrogens is 1. The summed E-state index contributed by atoms with van der Waals surface area (Å²) >= 11 is 5.98. The van der Waals surface area contributed by atoms with Crippen molar-refractivity contribution in [2.75, 3.05) is 19.7 Å². The number of hydrogen-bond donors (Lipinski definition) is 1. The molecule has 0 saturated carbocycles. The van der Waals surface area contributed by atoms with Gasteiger partial charge in [-0.25, -0.2) is 14.4 Å². The van der Waals surface area contributed by atoms with Gasteiger partial charge in [0.25, 0.3) is 5.79 Å². The lowest BCUT2D eigenvalue weighted by Crippen LogP contribution is -2.35. The summed E-state index contributed by atoms with van der Waals surface area (Å²) in [4.78, 5) is 14.1. The molecule has 49 heavy (non-hydrogen) atoms. The average molecular weight is 698 g/mol. The standard InChI is InChI=1S/C34H32ClF4N7O3/c1-18-29-25(15-26(40-18)31-42-32(44-43-31)34(37,38)39)41-28(46(29)16-21-10-13-47-21)17-45-11-8-19(9-12-45)22-4-3-5-27-30(22)49-33(2,48-27)23-7-6-20(35)14-24(23)36/h3-7,14-15,19,21H,8-13,16-17H2,1-2H3,(H,42,43,44). The summed E-state index contributed by atoms with van der Waals surface area (Å²) in [5.74, 6) is -0.827. The summed E-state index contributed by atoms with van der Waals surface area (Å²) in [6.45, 7) is 7.00. The molecule has 0 bridgehead atoms. The molecule has 5 aromatic rings. The number of nitrogens with one attached hydrogen (secondary N) is 1. The van der Waals surface area contributed by atoms with Gasteiger partial charge in [0.1, 0.15) is 17.3 Å². The number of rotatable bonds is 7. The molecule has 6 heterocycles. The van der Waals surface area contributed by atoms with Gasteiger partial charge in [-0.1, -0.05) is 23.7 Å². The van der Waals surface area contributed by atoms with Gasteiger partial charge in [0.2, 0.25) is 5.82 Å². The second kappa shape index (κ2) is 12.0. The van der Waals surface area contributed by atoms with Crippen LogP contribution in [-0.4, -0.2) is 60.4 Å². The highest BCUT2D eigenvalue weighted by molar-refractivity contribution is 6.30. The Kier molecular flexibility index (Phi) is 7.80. The monoisotopic (exact) mass is 697 g/mol. The number of aromatic nitrogens is 6. The number of imidazole rings is 1. The first-order valence-corrected chi connectivity index (χ1v) is 16.5. The number of aromatic amines is 1. The molecule has 15 heteroatoms. The molecule has 2 fully saturated rings. The molecule has 256 valence electrons. The maximum atomic E-state index is 14.9. The number of alkyl halides is 3. The number of piperidine rings is 1. The summed E-state index contributed by atoms with van der Waals surface area (Å²) in [5.41, 5.74) is 3.60. The van der Waals surface area contributed by atoms with Crippen molar-refractivity contribution >= 4 is 22.6 Å². The predicted molar refractivity (Wildman–Crippen MR) is 171 cm³/mol. The maximum Gasteiger partial charge on any atom is 0.451 e. The SMILES string of the molecule is Cc1nc(-c2nnc(C(F)(F)F)[nH]2)cc2nc(CN3CCC(c4cccc5c4OC(C)(c4ccc(Cl)cc4F)O5)CC3)n(CC3CCO3)c12. The Labute approximate surface area is 283 Å². The van der Waals surface area contributed by atoms with Crippen LogP contribution in [-0.2, 0) is 29.8 Å². The molecule has 0 aliphatic carbocycles. The molecule has 0 spiro atoms. The number of pyridine rings is 1. The van der Waals surface area contributed by atoms with Crippen molar-refractivity contribution in [3.63, 3.8) is 0 Å². The van der Waals surface area contributed by atoms with Crippen molar-refractivity contribution in [3.05, 3.63) is 81.8 Å². The van der Waals surface area contributed by atoms with Crippen LogP contribution in [0.4, 0.5) is 17.6 Å². The lowest BCUT2D eigenvalue weighted by molar-refractivity contribution is -0.144. The van der Waals surface area contributed by atoms with Crippen molar-refractivity contribution in [1.82, 2.24) is 34.6 Å². The zero-order valence-corrected chi connectivity index (χ0v) is 27.4. The number of benzene rings is 2. The van der Waals surface area contributed by atoms with Crippen LogP contribution in [0.25, 0.3) is 22.6 Å². The molecule has 2 saturated heterocycles. The van der Waals surface area contributed by atoms with Gasteiger partial charge in [-0.15, -0.1) is 10.2 Å². The van der Waals surface area contributed by atoms with E-state index in [1.165, 1.54) is 6.07 Å². The lowest BCUT2D eigenvalue weighted by Gasteiger charge is -2.33. The summed E-state index contributed by atoms with van der Waals surface area (Å²) < 4.78 is 74.8. The highest BCUT2D eigenvalue weighted by atomic mass is 35.5. The Bertz CT molecular complexity index is 2060. The Morgan fingerprint density at radius 3 is 2.53 bits per heavy atom. The van der Waals surface area contributed by atoms with Crippen LogP contribution in [0.5, 0.6) is 11.5 Å². The number of aryl methyl sites for hydroxylation is 1. The lowest BCUT2D eigenvalue weighted by atomic mass is 9.88. The molecule has 10 nitrogen and oxygen atoms in total. The van der Waals surface area contributed by atoms with E-state index in [1.807, 2.05) is 25.1 Å². The zero-order chi connectivity index (χ0) is 34.1. The third-order valence-corrected chi connectivity index (χ3v) is 9.81. The fourth-order valence-electron chi connectivity index (χ4n) is 7.01. The Hall–Kier alpha value is -4.27. The van der Waals surface area contributed by atoms with Gasteiger partial charge in [0, 0.05) is 24.1 Å². The van der Waals surface area contributed by atoms with Crippen molar-refractivity contribution in [2.45, 2.75) is 70.2 Å². The number of ether oxygens (including phenoxy) is 3. The molecule has 8 rings (SSSR count). The minimum Gasteiger partial charge on any atom is -0.444 e. The Morgan fingerprint density at radius 1 is 1.04 bits per heavy atom. The molecule has 2 unspecified atom stereocenters. The number of halogens is 5. The normalized spacial score (nSPS) is 21.4. The van der Waals surface area contributed by atoms with Crippen LogP contribution in [0, 0.1) is 12.7 Å². The van der Waals surface area contributed by atoms with Crippen LogP contribution >= 0.6 is 11.6 Å². The summed E-state index contributed by atoms with van der Waals surface area (Å²) in [6, 6.07) is 11.9. The largest absolute Gasteiger partial charge is 0.451 e. The second-order valence-corrected chi connectivity index (χ2v) is 13.3. The molecule has 1 N–H and O–H groups in total. The quantitative estimate of drug-likeness (QED) is 0.179. The third-order valence-electron chi connectivity index (χ3n) is 9.58. The van der Waals surface area contributed by atoms with Gasteiger partial charge in [-0.2, -0.15) is 13.2 Å². The van der Waals surface area contributed by atoms with Crippen molar-refractivity contribution in [1.29, 1.82) is 0 Å². The molecule has 3 aromatic heterocycles. The van der Waals surface area contributed by atoms with Gasteiger partial charge >= 0.3 is 6.18 Å². The summed E-state index contributed by atoms with van der Waals surface area (Å²) in [5, 5.41) is 7.24. The first-order chi connectivity index (χ1) is 23.4.